The topological polar surface area (TPSA) is 30.7 Å². The van der Waals surface area contributed by atoms with Gasteiger partial charge in [-0.1, -0.05) is 29.8 Å². The van der Waals surface area contributed by atoms with Crippen LogP contribution in [0.4, 0.5) is 0 Å². The van der Waals surface area contributed by atoms with Crippen LogP contribution in [0, 0.1) is 0 Å². The summed E-state index contributed by atoms with van der Waals surface area (Å²) in [5.74, 6) is 0.882. The lowest BCUT2D eigenvalue weighted by atomic mass is 10.1. The van der Waals surface area contributed by atoms with E-state index in [1.807, 2.05) is 23.6 Å². The Morgan fingerprint density at radius 3 is 2.65 bits per heavy atom. The van der Waals surface area contributed by atoms with Crippen molar-refractivity contribution in [3.63, 3.8) is 0 Å². The summed E-state index contributed by atoms with van der Waals surface area (Å²) in [6.45, 7) is 4.16. The normalized spacial score (nSPS) is 10.8. The highest BCUT2D eigenvalue weighted by molar-refractivity contribution is 9.10. The third-order valence-electron chi connectivity index (χ3n) is 2.67. The minimum atomic E-state index is 0.416. The van der Waals surface area contributed by atoms with Crippen LogP contribution in [0.2, 0.25) is 5.28 Å². The van der Waals surface area contributed by atoms with Gasteiger partial charge in [-0.15, -0.1) is 10.2 Å². The first kappa shape index (κ1) is 12.6. The van der Waals surface area contributed by atoms with Crippen LogP contribution in [-0.2, 0) is 12.8 Å². The van der Waals surface area contributed by atoms with E-state index in [4.69, 9.17) is 11.6 Å². The molecule has 0 amide bonds. The molecule has 2 rings (SSSR count). The van der Waals surface area contributed by atoms with E-state index in [1.54, 1.807) is 0 Å². The first-order valence-electron chi connectivity index (χ1n) is 5.56. The minimum absolute atomic E-state index is 0.416. The van der Waals surface area contributed by atoms with Crippen molar-refractivity contribution in [2.75, 3.05) is 0 Å². The molecule has 0 fully saturated rings. The van der Waals surface area contributed by atoms with Crippen LogP contribution in [-0.4, -0.2) is 14.8 Å². The van der Waals surface area contributed by atoms with Gasteiger partial charge in [0.25, 0.3) is 0 Å². The van der Waals surface area contributed by atoms with Gasteiger partial charge in [-0.2, -0.15) is 0 Å². The summed E-state index contributed by atoms with van der Waals surface area (Å²) in [6.07, 6.45) is 1.74. The number of rotatable bonds is 3. The zero-order chi connectivity index (χ0) is 12.4. The molecule has 0 bridgehead atoms. The van der Waals surface area contributed by atoms with Crippen LogP contribution < -0.4 is 0 Å². The van der Waals surface area contributed by atoms with E-state index >= 15 is 0 Å². The van der Waals surface area contributed by atoms with Crippen molar-refractivity contribution in [2.24, 2.45) is 0 Å². The highest BCUT2D eigenvalue weighted by atomic mass is 79.9. The van der Waals surface area contributed by atoms with Crippen molar-refractivity contribution in [3.8, 4) is 5.69 Å². The lowest BCUT2D eigenvalue weighted by molar-refractivity contribution is 0.872. The molecule has 0 unspecified atom stereocenters. The zero-order valence-corrected chi connectivity index (χ0v) is 12.1. The van der Waals surface area contributed by atoms with Crippen molar-refractivity contribution in [2.45, 2.75) is 26.7 Å². The summed E-state index contributed by atoms with van der Waals surface area (Å²) in [6, 6.07) is 6.15. The Labute approximate surface area is 114 Å². The van der Waals surface area contributed by atoms with Gasteiger partial charge in [0.1, 0.15) is 5.82 Å². The monoisotopic (exact) mass is 313 g/mol. The van der Waals surface area contributed by atoms with Crippen LogP contribution >= 0.6 is 27.5 Å². The van der Waals surface area contributed by atoms with E-state index in [2.05, 4.69) is 39.1 Å². The number of hydrogen-bond donors (Lipinski definition) is 0. The Hall–Kier alpha value is -0.870. The number of halogens is 2. The van der Waals surface area contributed by atoms with Crippen molar-refractivity contribution in [1.29, 1.82) is 0 Å². The Morgan fingerprint density at radius 1 is 1.24 bits per heavy atom. The van der Waals surface area contributed by atoms with Gasteiger partial charge in [-0.05, 0) is 41.8 Å². The Kier molecular flexibility index (Phi) is 3.84. The molecular weight excluding hydrogens is 302 g/mol. The maximum Gasteiger partial charge on any atom is 0.229 e. The zero-order valence-electron chi connectivity index (χ0n) is 9.74. The summed E-state index contributed by atoms with van der Waals surface area (Å²) >= 11 is 9.59. The second kappa shape index (κ2) is 5.19. The summed E-state index contributed by atoms with van der Waals surface area (Å²) in [4.78, 5) is 0. The molecule has 1 aromatic heterocycles. The number of hydrogen-bond acceptors (Lipinski definition) is 2. The highest BCUT2D eigenvalue weighted by Crippen LogP contribution is 2.24. The van der Waals surface area contributed by atoms with Crippen LogP contribution in [0.5, 0.6) is 0 Å². The first-order valence-corrected chi connectivity index (χ1v) is 6.73. The molecule has 0 radical (unpaired) electrons. The van der Waals surface area contributed by atoms with Crippen LogP contribution in [0.3, 0.4) is 0 Å². The highest BCUT2D eigenvalue weighted by Gasteiger charge is 2.13. The molecule has 17 heavy (non-hydrogen) atoms. The smallest absolute Gasteiger partial charge is 0.229 e. The molecule has 3 nitrogen and oxygen atoms in total. The summed E-state index contributed by atoms with van der Waals surface area (Å²) in [7, 11) is 0. The van der Waals surface area contributed by atoms with Crippen molar-refractivity contribution < 1.29 is 0 Å². The molecule has 0 atom stereocenters. The fourth-order valence-corrected chi connectivity index (χ4v) is 2.45. The molecule has 5 heteroatoms. The average molecular weight is 315 g/mol. The van der Waals surface area contributed by atoms with E-state index in [9.17, 15) is 0 Å². The predicted molar refractivity (Wildman–Crippen MR) is 72.8 cm³/mol. The molecule has 0 saturated heterocycles. The van der Waals surface area contributed by atoms with Crippen LogP contribution in [0.15, 0.2) is 22.7 Å². The summed E-state index contributed by atoms with van der Waals surface area (Å²) < 4.78 is 2.98. The quantitative estimate of drug-likeness (QED) is 0.862. The molecule has 1 aromatic carbocycles. The molecule has 0 N–H and O–H groups in total. The molecular formula is C12H13BrClN3. The summed E-state index contributed by atoms with van der Waals surface area (Å²) in [5, 5.41) is 8.42. The maximum absolute atomic E-state index is 6.10. The van der Waals surface area contributed by atoms with E-state index in [1.165, 1.54) is 5.56 Å². The third-order valence-corrected chi connectivity index (χ3v) is 3.41. The lowest BCUT2D eigenvalue weighted by Crippen LogP contribution is -2.03. The molecule has 0 spiro atoms. The van der Waals surface area contributed by atoms with E-state index in [-0.39, 0.29) is 0 Å². The van der Waals surface area contributed by atoms with Gasteiger partial charge < -0.3 is 0 Å². The number of aromatic nitrogens is 3. The van der Waals surface area contributed by atoms with E-state index < -0.39 is 0 Å². The average Bonchev–Trinajstić information content (AvgIpc) is 2.70. The second-order valence-corrected chi connectivity index (χ2v) is 4.95. The van der Waals surface area contributed by atoms with Crippen LogP contribution in [0.25, 0.3) is 5.69 Å². The second-order valence-electron chi connectivity index (χ2n) is 3.70. The van der Waals surface area contributed by atoms with E-state index in [0.29, 0.717) is 5.28 Å². The molecule has 0 aliphatic carbocycles. The predicted octanol–water partition coefficient (Wildman–Crippen LogP) is 3.81. The van der Waals surface area contributed by atoms with Gasteiger partial charge in [0, 0.05) is 10.9 Å². The minimum Gasteiger partial charge on any atom is -0.269 e. The van der Waals surface area contributed by atoms with E-state index in [0.717, 1.165) is 28.8 Å². The Bertz CT molecular complexity index is 537. The van der Waals surface area contributed by atoms with Crippen molar-refractivity contribution in [1.82, 2.24) is 14.8 Å². The lowest BCUT2D eigenvalue weighted by Gasteiger charge is -2.11. The van der Waals surface area contributed by atoms with Gasteiger partial charge in [-0.3, -0.25) is 4.57 Å². The standard InChI is InChI=1S/C12H13BrClN3/c1-3-8-7-9(13)5-6-10(8)17-11(4-2)15-16-12(17)14/h5-7H,3-4H2,1-2H3. The molecule has 0 saturated carbocycles. The number of benzene rings is 1. The largest absolute Gasteiger partial charge is 0.269 e. The molecule has 1 heterocycles. The number of aryl methyl sites for hydroxylation is 2. The van der Waals surface area contributed by atoms with Crippen LogP contribution in [0.1, 0.15) is 25.2 Å². The molecule has 90 valence electrons. The van der Waals surface area contributed by atoms with Gasteiger partial charge in [0.15, 0.2) is 0 Å². The Morgan fingerprint density at radius 2 is 2.00 bits per heavy atom. The molecule has 2 aromatic rings. The van der Waals surface area contributed by atoms with Crippen molar-refractivity contribution in [3.05, 3.63) is 39.3 Å². The maximum atomic E-state index is 6.10. The molecule has 0 aliphatic heterocycles. The van der Waals surface area contributed by atoms with Crippen molar-refractivity contribution >= 4 is 27.5 Å². The Balaban J connectivity index is 2.63. The summed E-state index contributed by atoms with van der Waals surface area (Å²) in [5.41, 5.74) is 2.28. The van der Waals surface area contributed by atoms with Gasteiger partial charge in [0.2, 0.25) is 5.28 Å². The van der Waals surface area contributed by atoms with Gasteiger partial charge >= 0.3 is 0 Å². The first-order chi connectivity index (χ1) is 8.17. The molecule has 0 aliphatic rings. The number of nitrogens with zero attached hydrogens (tertiary/aromatic N) is 3. The van der Waals surface area contributed by atoms with Gasteiger partial charge in [-0.25, -0.2) is 0 Å². The SMILES string of the molecule is CCc1cc(Br)ccc1-n1c(Cl)nnc1CC. The van der Waals surface area contributed by atoms with Gasteiger partial charge in [0.05, 0.1) is 5.69 Å². The third kappa shape index (κ3) is 2.38. The fourth-order valence-electron chi connectivity index (χ4n) is 1.82. The fraction of sp³-hybridized carbons (Fsp3) is 0.333.